The molecule has 0 amide bonds. The number of hydrogen-bond acceptors (Lipinski definition) is 4. The first-order valence-corrected chi connectivity index (χ1v) is 22.0. The Labute approximate surface area is 380 Å². The van der Waals surface area contributed by atoms with Gasteiger partial charge in [0.05, 0.1) is 33.5 Å². The average Bonchev–Trinajstić information content (AvgIpc) is 3.38. The van der Waals surface area contributed by atoms with E-state index in [0.717, 1.165) is 95.0 Å². The molecule has 0 N–H and O–H groups in total. The van der Waals surface area contributed by atoms with Gasteiger partial charge in [0, 0.05) is 39.9 Å². The minimum Gasteiger partial charge on any atom is -0.310 e. The lowest BCUT2D eigenvalue weighted by atomic mass is 9.93. The van der Waals surface area contributed by atoms with E-state index in [-0.39, 0.29) is 0 Å². The van der Waals surface area contributed by atoms with Crippen molar-refractivity contribution in [2.75, 3.05) is 9.80 Å². The second kappa shape index (κ2) is 16.9. The summed E-state index contributed by atoms with van der Waals surface area (Å²) in [6.45, 7) is 6.30. The van der Waals surface area contributed by atoms with Gasteiger partial charge in [0.15, 0.2) is 0 Å². The zero-order valence-corrected chi connectivity index (χ0v) is 36.0. The van der Waals surface area contributed by atoms with E-state index in [1.54, 1.807) is 0 Å². The maximum Gasteiger partial charge on any atom is 0.0846 e. The molecule has 8 aromatic carbocycles. The van der Waals surface area contributed by atoms with Gasteiger partial charge in [-0.05, 0) is 130 Å². The predicted molar refractivity (Wildman–Crippen MR) is 275 cm³/mol. The van der Waals surface area contributed by atoms with E-state index in [0.29, 0.717) is 0 Å². The highest BCUT2D eigenvalue weighted by atomic mass is 15.2. The molecule has 3 heterocycles. The first kappa shape index (κ1) is 39.3. The van der Waals surface area contributed by atoms with Crippen molar-refractivity contribution in [3.63, 3.8) is 0 Å². The van der Waals surface area contributed by atoms with Crippen LogP contribution in [0.3, 0.4) is 0 Å². The van der Waals surface area contributed by atoms with Gasteiger partial charge in [-0.1, -0.05) is 158 Å². The summed E-state index contributed by atoms with van der Waals surface area (Å²) in [5.74, 6) is 0. The molecule has 0 saturated carbocycles. The lowest BCUT2D eigenvalue weighted by Gasteiger charge is -2.33. The van der Waals surface area contributed by atoms with Crippen LogP contribution in [-0.4, -0.2) is 9.97 Å². The number of nitrogens with zero attached hydrogens (tertiary/aromatic N) is 4. The van der Waals surface area contributed by atoms with Crippen LogP contribution in [0.5, 0.6) is 0 Å². The topological polar surface area (TPSA) is 32.3 Å². The van der Waals surface area contributed by atoms with Crippen molar-refractivity contribution >= 4 is 67.1 Å². The molecule has 4 nitrogen and oxygen atoms in total. The van der Waals surface area contributed by atoms with Gasteiger partial charge in [-0.3, -0.25) is 4.98 Å². The van der Waals surface area contributed by atoms with Crippen LogP contribution in [0.1, 0.15) is 18.1 Å². The van der Waals surface area contributed by atoms with Gasteiger partial charge in [0.2, 0.25) is 0 Å². The Kier molecular flexibility index (Phi) is 10.2. The van der Waals surface area contributed by atoms with E-state index in [2.05, 4.69) is 242 Å². The number of anilines is 6. The Morgan fingerprint density at radius 3 is 1.86 bits per heavy atom. The van der Waals surface area contributed by atoms with Gasteiger partial charge >= 0.3 is 0 Å². The van der Waals surface area contributed by atoms with E-state index < -0.39 is 0 Å². The highest BCUT2D eigenvalue weighted by Crippen LogP contribution is 2.51. The van der Waals surface area contributed by atoms with Crippen molar-refractivity contribution < 1.29 is 0 Å². The third-order valence-electron chi connectivity index (χ3n) is 12.4. The second-order valence-electron chi connectivity index (χ2n) is 16.2. The van der Waals surface area contributed by atoms with Crippen molar-refractivity contribution in [3.05, 3.63) is 254 Å². The maximum atomic E-state index is 5.38. The molecule has 0 atom stereocenters. The van der Waals surface area contributed by atoms with E-state index in [1.807, 2.05) is 18.3 Å². The molecule has 0 spiro atoms. The Morgan fingerprint density at radius 2 is 1.15 bits per heavy atom. The lowest BCUT2D eigenvalue weighted by Crippen LogP contribution is -2.16. The molecule has 10 aromatic rings. The van der Waals surface area contributed by atoms with Crippen LogP contribution >= 0.6 is 0 Å². The summed E-state index contributed by atoms with van der Waals surface area (Å²) in [6.07, 6.45) is 8.22. The molecule has 308 valence electrons. The SMILES string of the molecule is C=C/C(=C\C(=C/C)c1ccccc1)c1ccc2nc3c4c(ccnc4c2c1)N(c1ccc(N(c2ccc(-c4ccccc4)cc2)c2cccc(-c4ccccc4)c2)cc1)c1ccccc1-3. The van der Waals surface area contributed by atoms with Crippen molar-refractivity contribution in [1.29, 1.82) is 0 Å². The van der Waals surface area contributed by atoms with E-state index in [4.69, 9.17) is 9.97 Å². The highest BCUT2D eigenvalue weighted by molar-refractivity contribution is 6.19. The molecule has 0 aliphatic carbocycles. The summed E-state index contributed by atoms with van der Waals surface area (Å²) in [6, 6.07) is 75.3. The van der Waals surface area contributed by atoms with Crippen LogP contribution in [0, 0.1) is 0 Å². The van der Waals surface area contributed by atoms with Gasteiger partial charge in [0.25, 0.3) is 0 Å². The second-order valence-corrected chi connectivity index (χ2v) is 16.2. The van der Waals surface area contributed by atoms with Crippen LogP contribution in [0.15, 0.2) is 243 Å². The minimum absolute atomic E-state index is 0.902. The molecule has 0 saturated heterocycles. The maximum absolute atomic E-state index is 5.38. The minimum atomic E-state index is 0.902. The highest BCUT2D eigenvalue weighted by Gasteiger charge is 2.29. The standard InChI is InChI=1S/C61H44N4/c1-3-42(44-17-8-5-9-18-44)39-43(4-2)49-29-36-56-55(41-49)60-59-58(37-38-62-60)65(57-26-15-14-25-54(57)61(59)63-56)52-34-32-51(33-35-52)64(50-30-27-47(28-31-50)45-19-10-6-11-20-45)53-24-16-23-48(40-53)46-21-12-7-13-22-46/h3-41H,2H2,1H3/b42-3+,43-39+. The van der Waals surface area contributed by atoms with Gasteiger partial charge in [-0.2, -0.15) is 0 Å². The molecular weight excluding hydrogens is 789 g/mol. The summed E-state index contributed by atoms with van der Waals surface area (Å²) >= 11 is 0. The zero-order valence-electron chi connectivity index (χ0n) is 36.0. The molecule has 1 aliphatic heterocycles. The Balaban J connectivity index is 1.02. The molecule has 0 bridgehead atoms. The van der Waals surface area contributed by atoms with Crippen molar-refractivity contribution in [1.82, 2.24) is 9.97 Å². The third-order valence-corrected chi connectivity index (χ3v) is 12.4. The van der Waals surface area contributed by atoms with E-state index >= 15 is 0 Å². The van der Waals surface area contributed by atoms with Crippen LogP contribution in [0.4, 0.5) is 34.1 Å². The number of para-hydroxylation sites is 1. The Morgan fingerprint density at radius 1 is 0.523 bits per heavy atom. The molecule has 4 heteroatoms. The molecule has 2 aromatic heterocycles. The van der Waals surface area contributed by atoms with Crippen molar-refractivity contribution in [3.8, 4) is 33.5 Å². The average molecular weight is 833 g/mol. The third kappa shape index (κ3) is 7.27. The van der Waals surface area contributed by atoms with E-state index in [9.17, 15) is 0 Å². The van der Waals surface area contributed by atoms with Crippen molar-refractivity contribution in [2.24, 2.45) is 0 Å². The number of pyridine rings is 2. The molecule has 1 aliphatic rings. The quantitative estimate of drug-likeness (QED) is 0.101. The Bertz CT molecular complexity index is 3430. The van der Waals surface area contributed by atoms with Gasteiger partial charge in [-0.25, -0.2) is 4.98 Å². The van der Waals surface area contributed by atoms with Crippen LogP contribution in [0.2, 0.25) is 0 Å². The summed E-state index contributed by atoms with van der Waals surface area (Å²) in [7, 11) is 0. The largest absolute Gasteiger partial charge is 0.310 e. The summed E-state index contributed by atoms with van der Waals surface area (Å²) in [5, 5.41) is 2.03. The summed E-state index contributed by atoms with van der Waals surface area (Å²) in [5.41, 5.74) is 19.3. The fraction of sp³-hybridized carbons (Fsp3) is 0.0164. The smallest absolute Gasteiger partial charge is 0.0846 e. The molecule has 0 radical (unpaired) electrons. The van der Waals surface area contributed by atoms with Gasteiger partial charge in [0.1, 0.15) is 0 Å². The summed E-state index contributed by atoms with van der Waals surface area (Å²) < 4.78 is 0. The number of fused-ring (bicyclic) bond motifs is 4. The van der Waals surface area contributed by atoms with Crippen molar-refractivity contribution in [2.45, 2.75) is 6.92 Å². The Hall–Kier alpha value is -8.60. The molecule has 0 fully saturated rings. The first-order valence-electron chi connectivity index (χ1n) is 22.0. The monoisotopic (exact) mass is 832 g/mol. The molecule has 0 unspecified atom stereocenters. The van der Waals surface area contributed by atoms with Crippen LogP contribution in [-0.2, 0) is 0 Å². The van der Waals surface area contributed by atoms with Crippen LogP contribution in [0.25, 0.3) is 66.5 Å². The summed E-state index contributed by atoms with van der Waals surface area (Å²) in [4.78, 5) is 15.2. The molecule has 65 heavy (non-hydrogen) atoms. The zero-order chi connectivity index (χ0) is 43.7. The first-order chi connectivity index (χ1) is 32.1. The number of rotatable bonds is 10. The number of allylic oxidation sites excluding steroid dienone is 5. The number of aromatic nitrogens is 2. The van der Waals surface area contributed by atoms with Crippen LogP contribution < -0.4 is 9.80 Å². The molecule has 11 rings (SSSR count). The number of benzene rings is 8. The normalized spacial score (nSPS) is 12.3. The van der Waals surface area contributed by atoms with E-state index in [1.165, 1.54) is 16.7 Å². The molecular formula is C61H44N4. The van der Waals surface area contributed by atoms with Gasteiger partial charge in [-0.15, -0.1) is 0 Å². The number of hydrogen-bond donors (Lipinski definition) is 0. The fourth-order valence-electron chi connectivity index (χ4n) is 9.20. The fourth-order valence-corrected chi connectivity index (χ4v) is 9.20. The van der Waals surface area contributed by atoms with Gasteiger partial charge < -0.3 is 9.80 Å². The predicted octanol–water partition coefficient (Wildman–Crippen LogP) is 16.7. The lowest BCUT2D eigenvalue weighted by molar-refractivity contribution is 1.24.